The molecule has 8 nitrogen and oxygen atoms in total. The van der Waals surface area contributed by atoms with Crippen LogP contribution in [0.25, 0.3) is 16.9 Å². The van der Waals surface area contributed by atoms with Crippen molar-refractivity contribution in [3.63, 3.8) is 0 Å². The van der Waals surface area contributed by atoms with E-state index in [2.05, 4.69) is 30.6 Å². The molecular formula is C16H18F3N7O. The molecule has 0 aliphatic heterocycles. The maximum atomic E-state index is 12.8. The lowest BCUT2D eigenvalue weighted by molar-refractivity contribution is -0.138. The van der Waals surface area contributed by atoms with Gasteiger partial charge in [-0.1, -0.05) is 0 Å². The van der Waals surface area contributed by atoms with E-state index in [1.807, 2.05) is 6.92 Å². The van der Waals surface area contributed by atoms with Crippen LogP contribution < -0.4 is 10.1 Å². The molecule has 1 aliphatic rings. The van der Waals surface area contributed by atoms with Crippen molar-refractivity contribution >= 4 is 11.6 Å². The predicted molar refractivity (Wildman–Crippen MR) is 90.3 cm³/mol. The van der Waals surface area contributed by atoms with Gasteiger partial charge in [-0.15, -0.1) is 5.10 Å². The molecule has 1 saturated carbocycles. The number of aromatic amines is 1. The van der Waals surface area contributed by atoms with Gasteiger partial charge in [0, 0.05) is 11.8 Å². The van der Waals surface area contributed by atoms with E-state index in [1.165, 1.54) is 10.8 Å². The van der Waals surface area contributed by atoms with Gasteiger partial charge >= 0.3 is 6.18 Å². The van der Waals surface area contributed by atoms with Crippen molar-refractivity contribution < 1.29 is 17.9 Å². The maximum Gasteiger partial charge on any atom is 0.408 e. The fourth-order valence-corrected chi connectivity index (χ4v) is 2.71. The summed E-state index contributed by atoms with van der Waals surface area (Å²) in [5, 5.41) is 12.9. The molecule has 1 fully saturated rings. The summed E-state index contributed by atoms with van der Waals surface area (Å²) in [5.41, 5.74) is 1.49. The lowest BCUT2D eigenvalue weighted by Crippen LogP contribution is -2.33. The van der Waals surface area contributed by atoms with E-state index in [0.29, 0.717) is 28.6 Å². The van der Waals surface area contributed by atoms with Gasteiger partial charge in [0.1, 0.15) is 18.1 Å². The number of fused-ring (bicyclic) bond motifs is 1. The number of nitrogens with zero attached hydrogens (tertiary/aromatic N) is 5. The van der Waals surface area contributed by atoms with E-state index in [1.54, 1.807) is 12.4 Å². The van der Waals surface area contributed by atoms with Crippen LogP contribution >= 0.6 is 0 Å². The molecule has 11 heteroatoms. The largest absolute Gasteiger partial charge is 0.484 e. The Bertz CT molecular complexity index is 934. The number of ether oxygens (including phenoxy) is 1. The molecule has 1 aliphatic carbocycles. The Balaban J connectivity index is 1.75. The Morgan fingerprint density at radius 2 is 2.11 bits per heavy atom. The topological polar surface area (TPSA) is 93.0 Å². The monoisotopic (exact) mass is 381 g/mol. The predicted octanol–water partition coefficient (Wildman–Crippen LogP) is 3.05. The molecule has 3 heterocycles. The van der Waals surface area contributed by atoms with Crippen molar-refractivity contribution in [1.29, 1.82) is 0 Å². The zero-order valence-corrected chi connectivity index (χ0v) is 14.7. The lowest BCUT2D eigenvalue weighted by atomic mass is 10.2. The van der Waals surface area contributed by atoms with Crippen molar-refractivity contribution in [2.24, 2.45) is 5.92 Å². The minimum atomic E-state index is -4.41. The third kappa shape index (κ3) is 3.53. The minimum Gasteiger partial charge on any atom is -0.484 e. The van der Waals surface area contributed by atoms with Crippen LogP contribution in [0.3, 0.4) is 0 Å². The molecule has 144 valence electrons. The van der Waals surface area contributed by atoms with Gasteiger partial charge in [0.15, 0.2) is 5.75 Å². The highest BCUT2D eigenvalue weighted by Gasteiger charge is 2.37. The van der Waals surface area contributed by atoms with Gasteiger partial charge < -0.3 is 10.1 Å². The molecule has 27 heavy (non-hydrogen) atoms. The standard InChI is InChI=1S/C16H18F3N7O/c1-8(10-3-4-10)27-13-12(11-5-21-22-6-11)20-7-26-14(13)24-15(25-26)23-9(2)16(17,18)19/h5-10H,3-4H2,1-2H3,(H,21,22)(H,23,25)/t8-,9-/m0/s1. The van der Waals surface area contributed by atoms with Gasteiger partial charge in [-0.05, 0) is 32.6 Å². The van der Waals surface area contributed by atoms with E-state index in [-0.39, 0.29) is 12.1 Å². The van der Waals surface area contributed by atoms with Crippen LogP contribution in [0.1, 0.15) is 26.7 Å². The normalized spacial score (nSPS) is 17.1. The Hall–Kier alpha value is -2.85. The Labute approximate surface area is 152 Å². The van der Waals surface area contributed by atoms with Gasteiger partial charge in [0.25, 0.3) is 0 Å². The number of anilines is 1. The molecule has 4 rings (SSSR count). The van der Waals surface area contributed by atoms with E-state index >= 15 is 0 Å². The van der Waals surface area contributed by atoms with Crippen molar-refractivity contribution in [3.8, 4) is 17.0 Å². The molecule has 0 bridgehead atoms. The number of alkyl halides is 3. The van der Waals surface area contributed by atoms with Crippen LogP contribution in [0.15, 0.2) is 18.7 Å². The van der Waals surface area contributed by atoms with E-state index in [4.69, 9.17) is 4.74 Å². The summed E-state index contributed by atoms with van der Waals surface area (Å²) in [6.45, 7) is 2.97. The SMILES string of the molecule is C[C@H](Oc1c(-c2cn[nH]c2)ncn2nc(N[C@@H](C)C(F)(F)F)nc12)C1CC1. The fourth-order valence-electron chi connectivity index (χ4n) is 2.71. The highest BCUT2D eigenvalue weighted by Crippen LogP contribution is 2.38. The van der Waals surface area contributed by atoms with Crippen molar-refractivity contribution in [3.05, 3.63) is 18.7 Å². The van der Waals surface area contributed by atoms with Crippen LogP contribution in [-0.2, 0) is 0 Å². The highest BCUT2D eigenvalue weighted by molar-refractivity contribution is 5.73. The summed E-state index contributed by atoms with van der Waals surface area (Å²) in [5.74, 6) is 0.682. The summed E-state index contributed by atoms with van der Waals surface area (Å²) < 4.78 is 45.9. The second-order valence-electron chi connectivity index (χ2n) is 6.68. The summed E-state index contributed by atoms with van der Waals surface area (Å²) >= 11 is 0. The second-order valence-corrected chi connectivity index (χ2v) is 6.68. The molecule has 2 atom stereocenters. The zero-order chi connectivity index (χ0) is 19.2. The molecule has 0 aromatic carbocycles. The summed E-state index contributed by atoms with van der Waals surface area (Å²) in [6.07, 6.45) is 2.35. The summed E-state index contributed by atoms with van der Waals surface area (Å²) in [4.78, 5) is 8.56. The highest BCUT2D eigenvalue weighted by atomic mass is 19.4. The van der Waals surface area contributed by atoms with Gasteiger partial charge in [-0.3, -0.25) is 5.10 Å². The summed E-state index contributed by atoms with van der Waals surface area (Å²) in [6, 6.07) is -1.79. The third-order valence-electron chi connectivity index (χ3n) is 4.54. The van der Waals surface area contributed by atoms with Crippen LogP contribution in [-0.4, -0.2) is 48.1 Å². The number of hydrogen-bond acceptors (Lipinski definition) is 6. The van der Waals surface area contributed by atoms with Gasteiger partial charge in [-0.2, -0.15) is 27.8 Å². The Morgan fingerprint density at radius 1 is 1.33 bits per heavy atom. The van der Waals surface area contributed by atoms with Gasteiger partial charge in [0.05, 0.1) is 12.3 Å². The molecule has 2 N–H and O–H groups in total. The van der Waals surface area contributed by atoms with E-state index in [9.17, 15) is 13.2 Å². The molecule has 0 amide bonds. The van der Waals surface area contributed by atoms with Gasteiger partial charge in [0.2, 0.25) is 11.6 Å². The molecule has 0 spiro atoms. The zero-order valence-electron chi connectivity index (χ0n) is 14.7. The number of aromatic nitrogens is 6. The molecule has 3 aromatic rings. The quantitative estimate of drug-likeness (QED) is 0.682. The molecule has 0 radical (unpaired) electrons. The third-order valence-corrected chi connectivity index (χ3v) is 4.54. The average Bonchev–Trinajstić information content (AvgIpc) is 3.15. The van der Waals surface area contributed by atoms with Crippen LogP contribution in [0.2, 0.25) is 0 Å². The Kier molecular flexibility index (Phi) is 4.16. The number of H-pyrrole nitrogens is 1. The van der Waals surface area contributed by atoms with E-state index < -0.39 is 12.2 Å². The molecule has 0 unspecified atom stereocenters. The molecule has 0 saturated heterocycles. The van der Waals surface area contributed by atoms with Crippen LogP contribution in [0.5, 0.6) is 5.75 Å². The van der Waals surface area contributed by atoms with E-state index in [0.717, 1.165) is 19.8 Å². The first-order chi connectivity index (χ1) is 12.8. The smallest absolute Gasteiger partial charge is 0.408 e. The first kappa shape index (κ1) is 17.6. The molecule has 3 aromatic heterocycles. The van der Waals surface area contributed by atoms with Gasteiger partial charge in [-0.25, -0.2) is 4.98 Å². The summed E-state index contributed by atoms with van der Waals surface area (Å²) in [7, 11) is 0. The number of rotatable bonds is 6. The maximum absolute atomic E-state index is 12.8. The van der Waals surface area contributed by atoms with Crippen LogP contribution in [0, 0.1) is 5.92 Å². The number of nitrogens with one attached hydrogen (secondary N) is 2. The average molecular weight is 381 g/mol. The van der Waals surface area contributed by atoms with Crippen molar-refractivity contribution in [1.82, 2.24) is 29.8 Å². The minimum absolute atomic E-state index is 0.0640. The number of halogens is 3. The fraction of sp³-hybridized carbons (Fsp3) is 0.500. The Morgan fingerprint density at radius 3 is 2.74 bits per heavy atom. The molecular weight excluding hydrogens is 363 g/mol. The number of hydrogen-bond donors (Lipinski definition) is 2. The van der Waals surface area contributed by atoms with Crippen molar-refractivity contribution in [2.75, 3.05) is 5.32 Å². The lowest BCUT2D eigenvalue weighted by Gasteiger charge is -2.16. The van der Waals surface area contributed by atoms with Crippen molar-refractivity contribution in [2.45, 2.75) is 45.0 Å². The second kappa shape index (κ2) is 6.39. The first-order valence-electron chi connectivity index (χ1n) is 8.57. The first-order valence-corrected chi connectivity index (χ1v) is 8.57. The van der Waals surface area contributed by atoms with Crippen LogP contribution in [0.4, 0.5) is 19.1 Å².